The summed E-state index contributed by atoms with van der Waals surface area (Å²) in [6.45, 7) is 2.05. The third-order valence-corrected chi connectivity index (χ3v) is 2.48. The Morgan fingerprint density at radius 3 is 3.12 bits per heavy atom. The van der Waals surface area contributed by atoms with Crippen LogP contribution >= 0.6 is 11.5 Å². The first-order valence-electron chi connectivity index (χ1n) is 4.75. The van der Waals surface area contributed by atoms with Crippen LogP contribution in [0.4, 0.5) is 5.13 Å². The van der Waals surface area contributed by atoms with E-state index in [0.717, 1.165) is 11.5 Å². The van der Waals surface area contributed by atoms with Crippen LogP contribution in [0.15, 0.2) is 10.6 Å². The van der Waals surface area contributed by atoms with E-state index in [2.05, 4.69) is 19.8 Å². The van der Waals surface area contributed by atoms with Gasteiger partial charge >= 0.3 is 0 Å². The van der Waals surface area contributed by atoms with E-state index in [9.17, 15) is 4.79 Å². The fourth-order valence-corrected chi connectivity index (χ4v) is 1.69. The molecule has 0 unspecified atom stereocenters. The first-order chi connectivity index (χ1) is 8.19. The summed E-state index contributed by atoms with van der Waals surface area (Å²) < 4.78 is 13.7. The van der Waals surface area contributed by atoms with Gasteiger partial charge < -0.3 is 9.26 Å². The van der Waals surface area contributed by atoms with Gasteiger partial charge in [0.15, 0.2) is 5.82 Å². The summed E-state index contributed by atoms with van der Waals surface area (Å²) in [6.07, 6.45) is 0. The number of methoxy groups -OCH3 is 1. The van der Waals surface area contributed by atoms with E-state index in [1.54, 1.807) is 20.1 Å². The van der Waals surface area contributed by atoms with Gasteiger partial charge in [0.05, 0.1) is 5.69 Å². The lowest BCUT2D eigenvalue weighted by molar-refractivity contribution is 0.0988. The van der Waals surface area contributed by atoms with Gasteiger partial charge in [0.25, 0.3) is 5.91 Å². The average molecular weight is 254 g/mol. The molecule has 0 spiro atoms. The number of nitrogens with zero attached hydrogens (tertiary/aromatic N) is 3. The summed E-state index contributed by atoms with van der Waals surface area (Å²) in [4.78, 5) is 15.7. The smallest absolute Gasteiger partial charge is 0.296 e. The fourth-order valence-electron chi connectivity index (χ4n) is 1.12. The quantitative estimate of drug-likeness (QED) is 0.882. The van der Waals surface area contributed by atoms with Crippen molar-refractivity contribution in [1.82, 2.24) is 14.5 Å². The number of aromatic nitrogens is 3. The van der Waals surface area contributed by atoms with Crippen molar-refractivity contribution < 1.29 is 14.1 Å². The summed E-state index contributed by atoms with van der Waals surface area (Å²) in [7, 11) is 1.55. The second-order valence-electron chi connectivity index (χ2n) is 3.24. The highest BCUT2D eigenvalue weighted by molar-refractivity contribution is 7.09. The van der Waals surface area contributed by atoms with Crippen molar-refractivity contribution in [3.8, 4) is 0 Å². The summed E-state index contributed by atoms with van der Waals surface area (Å²) in [6, 6.07) is 1.55. The molecule has 1 N–H and O–H groups in total. The molecule has 17 heavy (non-hydrogen) atoms. The molecule has 2 aromatic heterocycles. The second-order valence-corrected chi connectivity index (χ2v) is 3.99. The Labute approximate surface area is 101 Å². The van der Waals surface area contributed by atoms with E-state index in [4.69, 9.17) is 9.26 Å². The largest absolute Gasteiger partial charge is 0.377 e. The molecule has 7 nitrogen and oxygen atoms in total. The number of carbonyl (C=O) groups excluding carboxylic acids is 1. The van der Waals surface area contributed by atoms with E-state index >= 15 is 0 Å². The number of nitrogens with one attached hydrogen (secondary N) is 1. The normalized spacial score (nSPS) is 10.5. The van der Waals surface area contributed by atoms with Gasteiger partial charge in [0.1, 0.15) is 6.61 Å². The molecule has 0 aromatic carbocycles. The van der Waals surface area contributed by atoms with E-state index in [1.807, 2.05) is 0 Å². The van der Waals surface area contributed by atoms with Crippen LogP contribution in [0.2, 0.25) is 0 Å². The number of ether oxygens (including phenoxy) is 1. The summed E-state index contributed by atoms with van der Waals surface area (Å²) in [5.41, 5.74) is 0.646. The zero-order chi connectivity index (χ0) is 12.3. The molecule has 0 aliphatic heterocycles. The fraction of sp³-hybridized carbons (Fsp3) is 0.333. The molecule has 90 valence electrons. The third kappa shape index (κ3) is 2.86. The Kier molecular flexibility index (Phi) is 3.45. The van der Waals surface area contributed by atoms with Crippen molar-refractivity contribution in [3.05, 3.63) is 23.3 Å². The minimum atomic E-state index is -0.397. The second kappa shape index (κ2) is 5.02. The molecule has 2 rings (SSSR count). The van der Waals surface area contributed by atoms with Crippen molar-refractivity contribution in [1.29, 1.82) is 0 Å². The third-order valence-electron chi connectivity index (χ3n) is 1.81. The highest BCUT2D eigenvalue weighted by Gasteiger charge is 2.14. The van der Waals surface area contributed by atoms with Gasteiger partial charge in [-0.15, -0.1) is 0 Å². The molecule has 0 aliphatic carbocycles. The van der Waals surface area contributed by atoms with Crippen molar-refractivity contribution in [3.63, 3.8) is 0 Å². The summed E-state index contributed by atoms with van der Waals surface area (Å²) in [5, 5.41) is 6.59. The summed E-state index contributed by atoms with van der Waals surface area (Å²) in [5.74, 6) is 0.276. The van der Waals surface area contributed by atoms with E-state index < -0.39 is 5.91 Å². The van der Waals surface area contributed by atoms with Crippen LogP contribution in [0.3, 0.4) is 0 Å². The van der Waals surface area contributed by atoms with Gasteiger partial charge in [0.2, 0.25) is 10.9 Å². The molecule has 0 bridgehead atoms. The standard InChI is InChI=1S/C9H10N4O3S/c1-5-3-6(16-12-5)8(14)11-9-10-7(4-15-2)13-17-9/h3H,4H2,1-2H3,(H,10,11,13,14). The lowest BCUT2D eigenvalue weighted by atomic mass is 10.4. The van der Waals surface area contributed by atoms with Gasteiger partial charge in [-0.2, -0.15) is 4.37 Å². The van der Waals surface area contributed by atoms with Gasteiger partial charge in [-0.1, -0.05) is 5.16 Å². The van der Waals surface area contributed by atoms with Crippen LogP contribution in [-0.2, 0) is 11.3 Å². The van der Waals surface area contributed by atoms with Crippen LogP contribution < -0.4 is 5.32 Å². The van der Waals surface area contributed by atoms with Crippen LogP contribution in [-0.4, -0.2) is 27.5 Å². The van der Waals surface area contributed by atoms with E-state index in [1.165, 1.54) is 0 Å². The SMILES string of the molecule is COCc1nsc(NC(=O)c2cc(C)no2)n1. The molecular weight excluding hydrogens is 244 g/mol. The minimum absolute atomic E-state index is 0.144. The van der Waals surface area contributed by atoms with Crippen molar-refractivity contribution in [2.24, 2.45) is 0 Å². The van der Waals surface area contributed by atoms with Gasteiger partial charge in [-0.25, -0.2) is 4.98 Å². The van der Waals surface area contributed by atoms with Crippen LogP contribution in [0, 0.1) is 6.92 Å². The Balaban J connectivity index is 2.02. The maximum Gasteiger partial charge on any atom is 0.296 e. The van der Waals surface area contributed by atoms with Crippen LogP contribution in [0.25, 0.3) is 0 Å². The Hall–Kier alpha value is -1.80. The minimum Gasteiger partial charge on any atom is -0.377 e. The molecule has 8 heteroatoms. The van der Waals surface area contributed by atoms with E-state index in [0.29, 0.717) is 23.3 Å². The number of rotatable bonds is 4. The number of anilines is 1. The van der Waals surface area contributed by atoms with Crippen molar-refractivity contribution in [2.75, 3.05) is 12.4 Å². The zero-order valence-electron chi connectivity index (χ0n) is 9.26. The zero-order valence-corrected chi connectivity index (χ0v) is 10.1. The average Bonchev–Trinajstić information content (AvgIpc) is 2.88. The van der Waals surface area contributed by atoms with Crippen molar-refractivity contribution >= 4 is 22.6 Å². The maximum absolute atomic E-state index is 11.7. The van der Waals surface area contributed by atoms with E-state index in [-0.39, 0.29) is 5.76 Å². The molecule has 0 fully saturated rings. The number of hydrogen-bond acceptors (Lipinski definition) is 7. The molecule has 1 amide bonds. The molecule has 0 atom stereocenters. The molecular formula is C9H10N4O3S. The van der Waals surface area contributed by atoms with Crippen LogP contribution in [0.1, 0.15) is 22.1 Å². The molecule has 0 saturated carbocycles. The predicted octanol–water partition coefficient (Wildman–Crippen LogP) is 1.23. The van der Waals surface area contributed by atoms with Crippen LogP contribution in [0.5, 0.6) is 0 Å². The topological polar surface area (TPSA) is 90.1 Å². The lowest BCUT2D eigenvalue weighted by Gasteiger charge is -1.95. The molecule has 0 radical (unpaired) electrons. The number of hydrogen-bond donors (Lipinski definition) is 1. The monoisotopic (exact) mass is 254 g/mol. The number of amides is 1. The Bertz CT molecular complexity index is 522. The number of aryl methyl sites for hydroxylation is 1. The molecule has 2 heterocycles. The Morgan fingerprint density at radius 2 is 2.47 bits per heavy atom. The lowest BCUT2D eigenvalue weighted by Crippen LogP contribution is -2.10. The maximum atomic E-state index is 11.7. The first-order valence-corrected chi connectivity index (χ1v) is 5.52. The van der Waals surface area contributed by atoms with Gasteiger partial charge in [-0.3, -0.25) is 10.1 Å². The molecule has 0 saturated heterocycles. The summed E-state index contributed by atoms with van der Waals surface area (Å²) >= 11 is 1.08. The highest BCUT2D eigenvalue weighted by atomic mass is 32.1. The highest BCUT2D eigenvalue weighted by Crippen LogP contribution is 2.13. The van der Waals surface area contributed by atoms with Gasteiger partial charge in [-0.05, 0) is 6.92 Å². The van der Waals surface area contributed by atoms with Crippen molar-refractivity contribution in [2.45, 2.75) is 13.5 Å². The molecule has 0 aliphatic rings. The predicted molar refractivity (Wildman–Crippen MR) is 59.8 cm³/mol. The van der Waals surface area contributed by atoms with Gasteiger partial charge in [0, 0.05) is 24.7 Å². The Morgan fingerprint density at radius 1 is 1.65 bits per heavy atom. The number of carbonyl (C=O) groups is 1. The first kappa shape index (κ1) is 11.7. The molecule has 2 aromatic rings.